The Hall–Kier alpha value is -1.33. The highest BCUT2D eigenvalue weighted by atomic mass is 19.1. The molecule has 1 aromatic carbocycles. The molecule has 0 amide bonds. The molecule has 2 rings (SSSR count). The molecule has 2 atom stereocenters. The van der Waals surface area contributed by atoms with Crippen molar-refractivity contribution in [2.24, 2.45) is 11.7 Å². The van der Waals surface area contributed by atoms with E-state index in [0.29, 0.717) is 18.0 Å². The molecule has 0 saturated carbocycles. The molecule has 0 aromatic heterocycles. The van der Waals surface area contributed by atoms with Gasteiger partial charge in [-0.15, -0.1) is 0 Å². The fourth-order valence-corrected chi connectivity index (χ4v) is 2.48. The molecule has 1 aliphatic heterocycles. The lowest BCUT2D eigenvalue weighted by atomic mass is 9.99. The van der Waals surface area contributed by atoms with Crippen molar-refractivity contribution in [3.63, 3.8) is 0 Å². The highest BCUT2D eigenvalue weighted by Gasteiger charge is 2.32. The number of likely N-dealkylation sites (tertiary alicyclic amines) is 1. The van der Waals surface area contributed by atoms with E-state index in [2.05, 4.69) is 4.90 Å². The second-order valence-corrected chi connectivity index (χ2v) is 4.63. The van der Waals surface area contributed by atoms with Crippen LogP contribution >= 0.6 is 0 Å². The largest absolute Gasteiger partial charge is 0.504 e. The number of nitrogens with zero attached hydrogens (tertiary/aromatic N) is 1. The molecule has 94 valence electrons. The molecule has 1 heterocycles. The topological polar surface area (TPSA) is 69.7 Å². The first-order valence-corrected chi connectivity index (χ1v) is 5.65. The summed E-state index contributed by atoms with van der Waals surface area (Å²) in [5.41, 5.74) is 6.19. The predicted molar refractivity (Wildman–Crippen MR) is 62.3 cm³/mol. The second kappa shape index (κ2) is 4.50. The molecule has 17 heavy (non-hydrogen) atoms. The summed E-state index contributed by atoms with van der Waals surface area (Å²) in [7, 11) is 1.93. The number of hydrogen-bond acceptors (Lipinski definition) is 4. The maximum absolute atomic E-state index is 13.0. The number of phenolic OH excluding ortho intramolecular Hbond substituents is 2. The lowest BCUT2D eigenvalue weighted by molar-refractivity contribution is 0.299. The molecule has 0 radical (unpaired) electrons. The zero-order valence-electron chi connectivity index (χ0n) is 9.73. The Balaban J connectivity index is 2.32. The lowest BCUT2D eigenvalue weighted by Gasteiger charge is -2.20. The predicted octanol–water partition coefficient (Wildman–Crippen LogP) is 1.19. The van der Waals surface area contributed by atoms with Gasteiger partial charge in [0.05, 0.1) is 0 Å². The lowest BCUT2D eigenvalue weighted by Crippen LogP contribution is -2.20. The van der Waals surface area contributed by atoms with Crippen LogP contribution in [-0.4, -0.2) is 35.3 Å². The van der Waals surface area contributed by atoms with Gasteiger partial charge in [0.2, 0.25) is 0 Å². The van der Waals surface area contributed by atoms with Crippen molar-refractivity contribution >= 4 is 0 Å². The van der Waals surface area contributed by atoms with Crippen LogP contribution in [0.25, 0.3) is 0 Å². The number of nitrogens with two attached hydrogens (primary N) is 1. The van der Waals surface area contributed by atoms with Crippen LogP contribution in [0, 0.1) is 11.7 Å². The number of phenols is 2. The van der Waals surface area contributed by atoms with Gasteiger partial charge in [-0.05, 0) is 32.0 Å². The van der Waals surface area contributed by atoms with Gasteiger partial charge in [0.25, 0.3) is 0 Å². The van der Waals surface area contributed by atoms with Gasteiger partial charge in [-0.2, -0.15) is 0 Å². The van der Waals surface area contributed by atoms with Gasteiger partial charge in [-0.1, -0.05) is 6.07 Å². The maximum Gasteiger partial charge on any atom is 0.194 e. The number of rotatable bonds is 2. The summed E-state index contributed by atoms with van der Waals surface area (Å²) in [5.74, 6) is -1.47. The molecular weight excluding hydrogens is 223 g/mol. The summed E-state index contributed by atoms with van der Waals surface area (Å²) >= 11 is 0. The van der Waals surface area contributed by atoms with Crippen molar-refractivity contribution in [2.45, 2.75) is 12.5 Å². The smallest absolute Gasteiger partial charge is 0.194 e. The highest BCUT2D eigenvalue weighted by molar-refractivity contribution is 5.47. The minimum absolute atomic E-state index is 0.0185. The van der Waals surface area contributed by atoms with Gasteiger partial charge in [0.1, 0.15) is 0 Å². The molecule has 0 aliphatic carbocycles. The first-order chi connectivity index (χ1) is 8.04. The zero-order valence-corrected chi connectivity index (χ0v) is 9.73. The molecule has 2 unspecified atom stereocenters. The van der Waals surface area contributed by atoms with Crippen molar-refractivity contribution in [3.8, 4) is 11.5 Å². The molecule has 5 heteroatoms. The van der Waals surface area contributed by atoms with Gasteiger partial charge in [0, 0.05) is 18.2 Å². The van der Waals surface area contributed by atoms with Crippen molar-refractivity contribution < 1.29 is 14.6 Å². The van der Waals surface area contributed by atoms with E-state index < -0.39 is 11.6 Å². The minimum Gasteiger partial charge on any atom is -0.504 e. The Labute approximate surface area is 99.5 Å². The summed E-state index contributed by atoms with van der Waals surface area (Å²) in [6, 6.07) is 2.67. The Morgan fingerprint density at radius 1 is 1.41 bits per heavy atom. The van der Waals surface area contributed by atoms with E-state index in [1.165, 1.54) is 12.1 Å². The minimum atomic E-state index is -0.803. The Kier molecular flexibility index (Phi) is 3.22. The van der Waals surface area contributed by atoms with Crippen molar-refractivity contribution in [2.75, 3.05) is 20.1 Å². The molecule has 1 fully saturated rings. The van der Waals surface area contributed by atoms with Crippen molar-refractivity contribution in [3.05, 3.63) is 23.5 Å². The first-order valence-electron chi connectivity index (χ1n) is 5.65. The average Bonchev–Trinajstić information content (AvgIpc) is 2.68. The first kappa shape index (κ1) is 12.1. The molecule has 0 spiro atoms. The maximum atomic E-state index is 13.0. The third kappa shape index (κ3) is 2.08. The number of benzene rings is 1. The molecule has 4 N–H and O–H groups in total. The van der Waals surface area contributed by atoms with E-state index in [0.717, 1.165) is 13.0 Å². The van der Waals surface area contributed by atoms with Gasteiger partial charge in [0.15, 0.2) is 17.3 Å². The quantitative estimate of drug-likeness (QED) is 0.679. The second-order valence-electron chi connectivity index (χ2n) is 4.63. The standard InChI is InChI=1S/C12H17FN2O2/c1-15-6-7(5-14)4-10(15)8-2-3-9(13)12(17)11(8)16/h2-3,7,10,16-17H,4-6,14H2,1H3. The van der Waals surface area contributed by atoms with Crippen molar-refractivity contribution in [1.82, 2.24) is 4.90 Å². The summed E-state index contributed by atoms with van der Waals surface area (Å²) < 4.78 is 13.0. The number of halogens is 1. The summed E-state index contributed by atoms with van der Waals surface area (Å²) in [5, 5.41) is 19.2. The van der Waals surface area contributed by atoms with Gasteiger partial charge < -0.3 is 15.9 Å². The molecule has 0 bridgehead atoms. The van der Waals surface area contributed by atoms with E-state index in [4.69, 9.17) is 5.73 Å². The summed E-state index contributed by atoms with van der Waals surface area (Å²) in [4.78, 5) is 2.06. The molecule has 1 aliphatic rings. The number of hydrogen-bond donors (Lipinski definition) is 3. The van der Waals surface area contributed by atoms with E-state index in [-0.39, 0.29) is 11.8 Å². The van der Waals surface area contributed by atoms with Crippen LogP contribution in [0.2, 0.25) is 0 Å². The Morgan fingerprint density at radius 2 is 2.12 bits per heavy atom. The van der Waals surface area contributed by atoms with Crippen LogP contribution in [0.15, 0.2) is 12.1 Å². The molecule has 1 saturated heterocycles. The van der Waals surface area contributed by atoms with Crippen LogP contribution in [-0.2, 0) is 0 Å². The summed E-state index contributed by atoms with van der Waals surface area (Å²) in [6.45, 7) is 1.44. The van der Waals surface area contributed by atoms with E-state index in [1.54, 1.807) is 0 Å². The van der Waals surface area contributed by atoms with Gasteiger partial charge in [-0.25, -0.2) is 4.39 Å². The normalized spacial score (nSPS) is 25.4. The third-order valence-corrected chi connectivity index (χ3v) is 3.46. The SMILES string of the molecule is CN1CC(CN)CC1c1ccc(F)c(O)c1O. The van der Waals surface area contributed by atoms with Gasteiger partial charge >= 0.3 is 0 Å². The highest BCUT2D eigenvalue weighted by Crippen LogP contribution is 2.42. The van der Waals surface area contributed by atoms with E-state index in [9.17, 15) is 14.6 Å². The van der Waals surface area contributed by atoms with Gasteiger partial charge in [-0.3, -0.25) is 4.90 Å². The Morgan fingerprint density at radius 3 is 2.71 bits per heavy atom. The fraction of sp³-hybridized carbons (Fsp3) is 0.500. The number of aromatic hydroxyl groups is 2. The van der Waals surface area contributed by atoms with Crippen LogP contribution in [0.5, 0.6) is 11.5 Å². The molecular formula is C12H17FN2O2. The average molecular weight is 240 g/mol. The van der Waals surface area contributed by atoms with Crippen LogP contribution in [0.1, 0.15) is 18.0 Å². The van der Waals surface area contributed by atoms with Crippen LogP contribution in [0.3, 0.4) is 0 Å². The summed E-state index contributed by atoms with van der Waals surface area (Å²) in [6.07, 6.45) is 0.811. The monoisotopic (exact) mass is 240 g/mol. The Bertz CT molecular complexity index is 425. The van der Waals surface area contributed by atoms with E-state index in [1.807, 2.05) is 7.05 Å². The third-order valence-electron chi connectivity index (χ3n) is 3.46. The van der Waals surface area contributed by atoms with E-state index >= 15 is 0 Å². The molecule has 1 aromatic rings. The van der Waals surface area contributed by atoms with Crippen LogP contribution < -0.4 is 5.73 Å². The van der Waals surface area contributed by atoms with Crippen LogP contribution in [0.4, 0.5) is 4.39 Å². The fourth-order valence-electron chi connectivity index (χ4n) is 2.48. The molecule has 4 nitrogen and oxygen atoms in total. The zero-order chi connectivity index (χ0) is 12.6. The van der Waals surface area contributed by atoms with Crippen molar-refractivity contribution in [1.29, 1.82) is 0 Å².